The maximum atomic E-state index is 12.0. The van der Waals surface area contributed by atoms with Crippen molar-refractivity contribution < 1.29 is 9.32 Å². The first kappa shape index (κ1) is 16.0. The monoisotopic (exact) mass is 334 g/mol. The summed E-state index contributed by atoms with van der Waals surface area (Å²) in [6.07, 6.45) is 3.21. The lowest BCUT2D eigenvalue weighted by atomic mass is 10.1. The first-order valence-electron chi connectivity index (χ1n) is 7.93. The summed E-state index contributed by atoms with van der Waals surface area (Å²) in [4.78, 5) is 16.6. The van der Waals surface area contributed by atoms with Gasteiger partial charge in [-0.05, 0) is 40.0 Å². The van der Waals surface area contributed by atoms with Crippen molar-refractivity contribution in [3.8, 4) is 0 Å². The number of hydrogen-bond acceptors (Lipinski definition) is 5. The van der Waals surface area contributed by atoms with Crippen molar-refractivity contribution in [1.82, 2.24) is 20.8 Å². The molecule has 3 rings (SSSR count). The second kappa shape index (κ2) is 6.70. The third-order valence-electron chi connectivity index (χ3n) is 4.00. The maximum Gasteiger partial charge on any atom is 0.315 e. The predicted molar refractivity (Wildman–Crippen MR) is 88.6 cm³/mol. The smallest absolute Gasteiger partial charge is 0.315 e. The molecule has 1 saturated carbocycles. The molecule has 6 nitrogen and oxygen atoms in total. The van der Waals surface area contributed by atoms with Gasteiger partial charge < -0.3 is 15.2 Å². The topological polar surface area (TPSA) is 80.0 Å². The number of nitrogens with one attached hydrogen (secondary N) is 2. The van der Waals surface area contributed by atoms with Crippen molar-refractivity contribution in [2.24, 2.45) is 0 Å². The van der Waals surface area contributed by atoms with Gasteiger partial charge in [-0.3, -0.25) is 0 Å². The summed E-state index contributed by atoms with van der Waals surface area (Å²) >= 11 is 1.69. The van der Waals surface area contributed by atoms with Gasteiger partial charge in [0.1, 0.15) is 5.76 Å². The maximum absolute atomic E-state index is 12.0. The molecule has 0 saturated heterocycles. The molecule has 1 aliphatic rings. The summed E-state index contributed by atoms with van der Waals surface area (Å²) in [5.41, 5.74) is 2.88. The van der Waals surface area contributed by atoms with Gasteiger partial charge in [-0.1, -0.05) is 5.16 Å². The third kappa shape index (κ3) is 4.10. The van der Waals surface area contributed by atoms with Crippen molar-refractivity contribution in [3.05, 3.63) is 33.1 Å². The number of aryl methyl sites for hydroxylation is 2. The Balaban J connectivity index is 1.44. The fourth-order valence-corrected chi connectivity index (χ4v) is 3.51. The number of carbonyl (C=O) groups excluding carboxylic acids is 1. The summed E-state index contributed by atoms with van der Waals surface area (Å²) in [7, 11) is 0. The SMILES string of the molecule is Cc1noc(C)c1CC(C)NC(=O)NCc1csc(C2CC2)n1. The molecule has 2 aromatic heterocycles. The van der Waals surface area contributed by atoms with Crippen molar-refractivity contribution in [1.29, 1.82) is 0 Å². The molecule has 1 fully saturated rings. The van der Waals surface area contributed by atoms with E-state index < -0.39 is 0 Å². The van der Waals surface area contributed by atoms with Crippen LogP contribution in [-0.4, -0.2) is 22.2 Å². The molecule has 0 radical (unpaired) electrons. The van der Waals surface area contributed by atoms with Crippen molar-refractivity contribution in [2.75, 3.05) is 0 Å². The number of urea groups is 1. The lowest BCUT2D eigenvalue weighted by Gasteiger charge is -2.14. The van der Waals surface area contributed by atoms with Gasteiger partial charge in [-0.2, -0.15) is 0 Å². The predicted octanol–water partition coefficient (Wildman–Crippen LogP) is 3.06. The minimum atomic E-state index is -0.176. The zero-order valence-electron chi connectivity index (χ0n) is 13.7. The standard InChI is InChI=1S/C16H22N4O2S/c1-9(6-14-10(2)20-22-11(14)3)18-16(21)17-7-13-8-23-15(19-13)12-4-5-12/h8-9,12H,4-7H2,1-3H3,(H2,17,18,21). The highest BCUT2D eigenvalue weighted by Gasteiger charge is 2.26. The number of rotatable bonds is 6. The summed E-state index contributed by atoms with van der Waals surface area (Å²) < 4.78 is 5.15. The summed E-state index contributed by atoms with van der Waals surface area (Å²) in [5.74, 6) is 1.48. The van der Waals surface area contributed by atoms with Gasteiger partial charge in [0.25, 0.3) is 0 Å². The lowest BCUT2D eigenvalue weighted by molar-refractivity contribution is 0.237. The molecule has 2 amide bonds. The van der Waals surface area contributed by atoms with E-state index in [9.17, 15) is 4.79 Å². The highest BCUT2D eigenvalue weighted by molar-refractivity contribution is 7.09. The van der Waals surface area contributed by atoms with E-state index in [1.165, 1.54) is 17.8 Å². The zero-order valence-corrected chi connectivity index (χ0v) is 14.5. The Hall–Kier alpha value is -1.89. The molecule has 1 atom stereocenters. The number of aromatic nitrogens is 2. The van der Waals surface area contributed by atoms with E-state index in [0.29, 0.717) is 18.9 Å². The molecule has 0 aromatic carbocycles. The minimum absolute atomic E-state index is 0.00394. The Morgan fingerprint density at radius 1 is 1.48 bits per heavy atom. The van der Waals surface area contributed by atoms with Gasteiger partial charge in [0.15, 0.2) is 0 Å². The Kier molecular flexibility index (Phi) is 4.66. The van der Waals surface area contributed by atoms with Gasteiger partial charge in [0, 0.05) is 22.9 Å². The van der Waals surface area contributed by atoms with Gasteiger partial charge in [0.05, 0.1) is 22.9 Å². The van der Waals surface area contributed by atoms with Crippen molar-refractivity contribution >= 4 is 17.4 Å². The van der Waals surface area contributed by atoms with Gasteiger partial charge in [0.2, 0.25) is 0 Å². The molecule has 23 heavy (non-hydrogen) atoms. The van der Waals surface area contributed by atoms with Crippen LogP contribution in [-0.2, 0) is 13.0 Å². The van der Waals surface area contributed by atoms with Crippen LogP contribution in [0.4, 0.5) is 4.79 Å². The van der Waals surface area contributed by atoms with Crippen LogP contribution in [0, 0.1) is 13.8 Å². The number of amides is 2. The van der Waals surface area contributed by atoms with Crippen molar-refractivity contribution in [3.63, 3.8) is 0 Å². The first-order valence-corrected chi connectivity index (χ1v) is 8.81. The van der Waals surface area contributed by atoms with Crippen LogP contribution in [0.3, 0.4) is 0 Å². The second-order valence-electron chi connectivity index (χ2n) is 6.19. The van der Waals surface area contributed by atoms with E-state index in [-0.39, 0.29) is 12.1 Å². The lowest BCUT2D eigenvalue weighted by Crippen LogP contribution is -2.41. The fraction of sp³-hybridized carbons (Fsp3) is 0.562. The van der Waals surface area contributed by atoms with Crippen LogP contribution < -0.4 is 10.6 Å². The van der Waals surface area contributed by atoms with Gasteiger partial charge >= 0.3 is 6.03 Å². The Morgan fingerprint density at radius 3 is 2.91 bits per heavy atom. The van der Waals surface area contributed by atoms with Crippen LogP contribution in [0.1, 0.15) is 53.4 Å². The third-order valence-corrected chi connectivity index (χ3v) is 5.05. The van der Waals surface area contributed by atoms with E-state index in [4.69, 9.17) is 4.52 Å². The van der Waals surface area contributed by atoms with Crippen LogP contribution in [0.5, 0.6) is 0 Å². The second-order valence-corrected chi connectivity index (χ2v) is 7.08. The molecule has 7 heteroatoms. The first-order chi connectivity index (χ1) is 11.0. The van der Waals surface area contributed by atoms with E-state index in [0.717, 1.165) is 22.7 Å². The molecule has 1 unspecified atom stereocenters. The Bertz CT molecular complexity index is 671. The van der Waals surface area contributed by atoms with E-state index in [1.54, 1.807) is 11.3 Å². The quantitative estimate of drug-likeness (QED) is 0.851. The van der Waals surface area contributed by atoms with Crippen molar-refractivity contribution in [2.45, 2.75) is 58.5 Å². The van der Waals surface area contributed by atoms with Crippen LogP contribution in [0.15, 0.2) is 9.90 Å². The van der Waals surface area contributed by atoms with E-state index in [1.807, 2.05) is 26.2 Å². The number of carbonyl (C=O) groups is 1. The highest BCUT2D eigenvalue weighted by Crippen LogP contribution is 2.41. The zero-order chi connectivity index (χ0) is 16.4. The largest absolute Gasteiger partial charge is 0.361 e. The Morgan fingerprint density at radius 2 is 2.26 bits per heavy atom. The van der Waals surface area contributed by atoms with E-state index in [2.05, 4.69) is 20.8 Å². The highest BCUT2D eigenvalue weighted by atomic mass is 32.1. The molecule has 0 bridgehead atoms. The van der Waals surface area contributed by atoms with E-state index >= 15 is 0 Å². The molecule has 1 aliphatic carbocycles. The van der Waals surface area contributed by atoms with Crippen LogP contribution >= 0.6 is 11.3 Å². The molecule has 2 N–H and O–H groups in total. The molecule has 124 valence electrons. The van der Waals surface area contributed by atoms with Crippen LogP contribution in [0.25, 0.3) is 0 Å². The fourth-order valence-electron chi connectivity index (χ4n) is 2.52. The number of thiazole rings is 1. The molecule has 2 aromatic rings. The average Bonchev–Trinajstić information content (AvgIpc) is 3.18. The average molecular weight is 334 g/mol. The molecular formula is C16H22N4O2S. The molecule has 0 spiro atoms. The summed E-state index contributed by atoms with van der Waals surface area (Å²) in [6, 6.07) is -0.172. The summed E-state index contributed by atoms with van der Waals surface area (Å²) in [5, 5.41) is 13.0. The van der Waals surface area contributed by atoms with Crippen LogP contribution in [0.2, 0.25) is 0 Å². The Labute approximate surface area is 139 Å². The molecular weight excluding hydrogens is 312 g/mol. The number of nitrogens with zero attached hydrogens (tertiary/aromatic N) is 2. The normalized spacial score (nSPS) is 15.4. The van der Waals surface area contributed by atoms with Gasteiger partial charge in [-0.15, -0.1) is 11.3 Å². The van der Waals surface area contributed by atoms with Gasteiger partial charge in [-0.25, -0.2) is 9.78 Å². The summed E-state index contributed by atoms with van der Waals surface area (Å²) in [6.45, 7) is 6.24. The minimum Gasteiger partial charge on any atom is -0.361 e. The molecule has 2 heterocycles. The molecule has 0 aliphatic heterocycles. The number of hydrogen-bond donors (Lipinski definition) is 2.